The maximum Gasteiger partial charge on any atom is 0.123 e. The van der Waals surface area contributed by atoms with Crippen molar-refractivity contribution in [2.45, 2.75) is 25.8 Å². The van der Waals surface area contributed by atoms with Gasteiger partial charge < -0.3 is 5.11 Å². The Bertz CT molecular complexity index is 676. The Labute approximate surface area is 147 Å². The molecule has 1 aliphatic rings. The average molecular weight is 348 g/mol. The fourth-order valence-corrected chi connectivity index (χ4v) is 3.92. The van der Waals surface area contributed by atoms with Crippen LogP contribution in [0.5, 0.6) is 0 Å². The van der Waals surface area contributed by atoms with Crippen molar-refractivity contribution in [3.05, 3.63) is 70.5 Å². The molecule has 0 aromatic heterocycles. The first kappa shape index (κ1) is 17.4. The highest BCUT2D eigenvalue weighted by Gasteiger charge is 2.35. The number of benzene rings is 2. The summed E-state index contributed by atoms with van der Waals surface area (Å²) in [5.74, 6) is -0.219. The standard InChI is InChI=1S/C20H23ClFNO/c21-18-4-1-3-17(11-18)13-23-10-2-9-20(14-23,15-24)12-16-5-7-19(22)8-6-16/h1,3-8,11,24H,2,9-10,12-15H2. The lowest BCUT2D eigenvalue weighted by Gasteiger charge is -2.42. The molecule has 0 aliphatic carbocycles. The second-order valence-corrected chi connectivity index (χ2v) is 7.34. The molecule has 0 amide bonds. The first-order valence-electron chi connectivity index (χ1n) is 8.41. The molecule has 128 valence electrons. The van der Waals surface area contributed by atoms with Crippen molar-refractivity contribution in [3.8, 4) is 0 Å². The van der Waals surface area contributed by atoms with Gasteiger partial charge in [0.2, 0.25) is 0 Å². The minimum atomic E-state index is -0.219. The van der Waals surface area contributed by atoms with Gasteiger partial charge in [-0.3, -0.25) is 4.90 Å². The van der Waals surface area contributed by atoms with Crippen molar-refractivity contribution in [2.24, 2.45) is 5.41 Å². The Kier molecular flexibility index (Phi) is 5.54. The summed E-state index contributed by atoms with van der Waals surface area (Å²) in [6.45, 7) is 2.85. The fraction of sp³-hybridized carbons (Fsp3) is 0.400. The molecule has 1 saturated heterocycles. The molecular formula is C20H23ClFNO. The molecule has 1 unspecified atom stereocenters. The van der Waals surface area contributed by atoms with E-state index in [-0.39, 0.29) is 17.8 Å². The number of likely N-dealkylation sites (tertiary alicyclic amines) is 1. The Morgan fingerprint density at radius 1 is 1.12 bits per heavy atom. The smallest absolute Gasteiger partial charge is 0.123 e. The van der Waals surface area contributed by atoms with Crippen LogP contribution in [0.25, 0.3) is 0 Å². The van der Waals surface area contributed by atoms with Gasteiger partial charge in [-0.1, -0.05) is 35.9 Å². The van der Waals surface area contributed by atoms with Crippen LogP contribution in [0.1, 0.15) is 24.0 Å². The van der Waals surface area contributed by atoms with Crippen LogP contribution >= 0.6 is 11.6 Å². The lowest BCUT2D eigenvalue weighted by molar-refractivity contribution is 0.0288. The molecule has 0 radical (unpaired) electrons. The van der Waals surface area contributed by atoms with Crippen LogP contribution < -0.4 is 0 Å². The van der Waals surface area contributed by atoms with Gasteiger partial charge in [-0.15, -0.1) is 0 Å². The van der Waals surface area contributed by atoms with Gasteiger partial charge >= 0.3 is 0 Å². The Balaban J connectivity index is 1.70. The van der Waals surface area contributed by atoms with Crippen LogP contribution in [0.2, 0.25) is 5.02 Å². The van der Waals surface area contributed by atoms with Crippen molar-refractivity contribution < 1.29 is 9.50 Å². The molecule has 3 rings (SSSR count). The first-order chi connectivity index (χ1) is 11.6. The van der Waals surface area contributed by atoms with E-state index in [1.54, 1.807) is 0 Å². The van der Waals surface area contributed by atoms with Gasteiger partial charge in [0.05, 0.1) is 6.61 Å². The zero-order valence-electron chi connectivity index (χ0n) is 13.7. The number of aliphatic hydroxyl groups excluding tert-OH is 1. The Morgan fingerprint density at radius 3 is 2.62 bits per heavy atom. The molecule has 0 spiro atoms. The normalized spacial score (nSPS) is 21.8. The third-order valence-corrected chi connectivity index (χ3v) is 5.10. The number of rotatable bonds is 5. The number of piperidine rings is 1. The van der Waals surface area contributed by atoms with E-state index >= 15 is 0 Å². The van der Waals surface area contributed by atoms with E-state index in [9.17, 15) is 9.50 Å². The molecular weight excluding hydrogens is 325 g/mol. The predicted molar refractivity (Wildman–Crippen MR) is 95.6 cm³/mol. The molecule has 0 bridgehead atoms. The highest BCUT2D eigenvalue weighted by molar-refractivity contribution is 6.30. The summed E-state index contributed by atoms with van der Waals surface area (Å²) in [6, 6.07) is 14.6. The zero-order valence-corrected chi connectivity index (χ0v) is 14.5. The predicted octanol–water partition coefficient (Wildman–Crippen LogP) is 4.30. The molecule has 4 heteroatoms. The second kappa shape index (κ2) is 7.64. The maximum atomic E-state index is 13.1. The number of nitrogens with zero attached hydrogens (tertiary/aromatic N) is 1. The van der Waals surface area contributed by atoms with Gasteiger partial charge in [0.1, 0.15) is 5.82 Å². The maximum absolute atomic E-state index is 13.1. The van der Waals surface area contributed by atoms with E-state index in [0.717, 1.165) is 49.5 Å². The van der Waals surface area contributed by atoms with Crippen LogP contribution in [-0.2, 0) is 13.0 Å². The number of aliphatic hydroxyl groups is 1. The molecule has 2 aromatic carbocycles. The number of halogens is 2. The Morgan fingerprint density at radius 2 is 1.92 bits per heavy atom. The minimum absolute atomic E-state index is 0.149. The third kappa shape index (κ3) is 4.35. The first-order valence-corrected chi connectivity index (χ1v) is 8.78. The Hall–Kier alpha value is -1.42. The zero-order chi connectivity index (χ0) is 17.0. The van der Waals surface area contributed by atoms with E-state index in [2.05, 4.69) is 11.0 Å². The van der Waals surface area contributed by atoms with Crippen LogP contribution in [-0.4, -0.2) is 29.7 Å². The van der Waals surface area contributed by atoms with E-state index < -0.39 is 0 Å². The third-order valence-electron chi connectivity index (χ3n) is 4.86. The molecule has 1 N–H and O–H groups in total. The summed E-state index contributed by atoms with van der Waals surface area (Å²) in [7, 11) is 0. The molecule has 2 nitrogen and oxygen atoms in total. The quantitative estimate of drug-likeness (QED) is 0.871. The largest absolute Gasteiger partial charge is 0.396 e. The lowest BCUT2D eigenvalue weighted by atomic mass is 9.75. The van der Waals surface area contributed by atoms with Gasteiger partial charge in [-0.05, 0) is 61.2 Å². The minimum Gasteiger partial charge on any atom is -0.396 e. The molecule has 2 aromatic rings. The fourth-order valence-electron chi connectivity index (χ4n) is 3.70. The van der Waals surface area contributed by atoms with Crippen molar-refractivity contribution in [3.63, 3.8) is 0 Å². The van der Waals surface area contributed by atoms with Crippen molar-refractivity contribution in [1.29, 1.82) is 0 Å². The summed E-state index contributed by atoms with van der Waals surface area (Å²) >= 11 is 6.08. The van der Waals surface area contributed by atoms with E-state index in [4.69, 9.17) is 11.6 Å². The van der Waals surface area contributed by atoms with Crippen LogP contribution in [0.4, 0.5) is 4.39 Å². The van der Waals surface area contributed by atoms with E-state index in [1.165, 1.54) is 17.7 Å². The van der Waals surface area contributed by atoms with Crippen molar-refractivity contribution in [2.75, 3.05) is 19.7 Å². The number of hydrogen-bond acceptors (Lipinski definition) is 2. The van der Waals surface area contributed by atoms with E-state index in [0.29, 0.717) is 0 Å². The van der Waals surface area contributed by atoms with Crippen LogP contribution in [0.15, 0.2) is 48.5 Å². The van der Waals surface area contributed by atoms with Gasteiger partial charge in [0, 0.05) is 23.5 Å². The summed E-state index contributed by atoms with van der Waals surface area (Å²) in [6.07, 6.45) is 2.82. The highest BCUT2D eigenvalue weighted by Crippen LogP contribution is 2.34. The molecule has 1 aliphatic heterocycles. The van der Waals surface area contributed by atoms with Gasteiger partial charge in [0.15, 0.2) is 0 Å². The second-order valence-electron chi connectivity index (χ2n) is 6.91. The van der Waals surface area contributed by atoms with Crippen molar-refractivity contribution in [1.82, 2.24) is 4.90 Å². The molecule has 24 heavy (non-hydrogen) atoms. The van der Waals surface area contributed by atoms with Gasteiger partial charge in [0.25, 0.3) is 0 Å². The molecule has 0 saturated carbocycles. The summed E-state index contributed by atoms with van der Waals surface area (Å²) in [5.41, 5.74) is 2.11. The molecule has 1 atom stereocenters. The van der Waals surface area contributed by atoms with E-state index in [1.807, 2.05) is 30.3 Å². The summed E-state index contributed by atoms with van der Waals surface area (Å²) < 4.78 is 13.1. The summed E-state index contributed by atoms with van der Waals surface area (Å²) in [4.78, 5) is 2.38. The highest BCUT2D eigenvalue weighted by atomic mass is 35.5. The van der Waals surface area contributed by atoms with Crippen LogP contribution in [0.3, 0.4) is 0 Å². The monoisotopic (exact) mass is 347 g/mol. The molecule has 1 heterocycles. The van der Waals surface area contributed by atoms with Gasteiger partial charge in [-0.2, -0.15) is 0 Å². The van der Waals surface area contributed by atoms with Crippen molar-refractivity contribution >= 4 is 11.6 Å². The summed E-state index contributed by atoms with van der Waals surface area (Å²) in [5, 5.41) is 10.8. The lowest BCUT2D eigenvalue weighted by Crippen LogP contribution is -2.46. The van der Waals surface area contributed by atoms with Crippen LogP contribution in [0, 0.1) is 11.2 Å². The average Bonchev–Trinajstić information content (AvgIpc) is 2.57. The van der Waals surface area contributed by atoms with Gasteiger partial charge in [-0.25, -0.2) is 4.39 Å². The molecule has 1 fully saturated rings. The SMILES string of the molecule is OCC1(Cc2ccc(F)cc2)CCCN(Cc2cccc(Cl)c2)C1. The topological polar surface area (TPSA) is 23.5 Å². The number of hydrogen-bond donors (Lipinski definition) is 1.